The maximum atomic E-state index is 12.6. The van der Waals surface area contributed by atoms with Crippen molar-refractivity contribution >= 4 is 22.0 Å². The van der Waals surface area contributed by atoms with Gasteiger partial charge in [0, 0.05) is 5.56 Å². The summed E-state index contributed by atoms with van der Waals surface area (Å²) in [4.78, 5) is 14.8. The highest BCUT2D eigenvalue weighted by molar-refractivity contribution is 7.93. The third-order valence-electron chi connectivity index (χ3n) is 5.04. The van der Waals surface area contributed by atoms with Crippen LogP contribution in [0.2, 0.25) is 0 Å². The first-order valence-corrected chi connectivity index (χ1v) is 11.8. The van der Waals surface area contributed by atoms with Crippen LogP contribution in [0.1, 0.15) is 60.5 Å². The molecule has 0 saturated heterocycles. The molecule has 0 unspecified atom stereocenters. The topological polar surface area (TPSA) is 84.5 Å². The molecule has 3 rings (SSSR count). The summed E-state index contributed by atoms with van der Waals surface area (Å²) in [5.41, 5.74) is 4.64. The summed E-state index contributed by atoms with van der Waals surface area (Å²) in [6, 6.07) is 14.3. The number of allylic oxidation sites excluding steroid dienone is 1. The first-order chi connectivity index (χ1) is 14.5. The lowest BCUT2D eigenvalue weighted by Crippen LogP contribution is -2.42. The van der Waals surface area contributed by atoms with E-state index in [1.165, 1.54) is 12.8 Å². The minimum atomic E-state index is -3.80. The van der Waals surface area contributed by atoms with Crippen molar-refractivity contribution in [3.8, 4) is 5.75 Å². The molecule has 2 aromatic rings. The number of aryl methyl sites for hydroxylation is 1. The van der Waals surface area contributed by atoms with Crippen molar-refractivity contribution in [3.63, 3.8) is 0 Å². The van der Waals surface area contributed by atoms with Gasteiger partial charge in [-0.1, -0.05) is 50.5 Å². The Balaban J connectivity index is 1.53. The number of nitrogens with one attached hydrogen (secondary N) is 2. The molecule has 0 atom stereocenters. The largest absolute Gasteiger partial charge is 0.494 e. The van der Waals surface area contributed by atoms with Crippen molar-refractivity contribution in [2.75, 3.05) is 6.61 Å². The van der Waals surface area contributed by atoms with E-state index in [0.717, 1.165) is 24.0 Å². The Morgan fingerprint density at radius 3 is 2.53 bits per heavy atom. The van der Waals surface area contributed by atoms with Crippen LogP contribution in [0.3, 0.4) is 0 Å². The number of amides is 1. The van der Waals surface area contributed by atoms with Crippen LogP contribution in [-0.4, -0.2) is 20.9 Å². The monoisotopic (exact) mass is 428 g/mol. The molecular weight excluding hydrogens is 400 g/mol. The van der Waals surface area contributed by atoms with Crippen molar-refractivity contribution in [3.05, 3.63) is 70.1 Å². The van der Waals surface area contributed by atoms with Gasteiger partial charge in [0.15, 0.2) is 0 Å². The molecule has 0 aliphatic heterocycles. The minimum absolute atomic E-state index is 0.258. The van der Waals surface area contributed by atoms with E-state index in [0.29, 0.717) is 30.8 Å². The van der Waals surface area contributed by atoms with Crippen LogP contribution in [0, 0.1) is 0 Å². The molecule has 1 amide bonds. The number of benzene rings is 2. The van der Waals surface area contributed by atoms with Gasteiger partial charge in [-0.15, -0.1) is 4.83 Å². The van der Waals surface area contributed by atoms with E-state index in [2.05, 4.69) is 17.2 Å². The molecule has 0 saturated carbocycles. The summed E-state index contributed by atoms with van der Waals surface area (Å²) in [5, 5.41) is 0. The van der Waals surface area contributed by atoms with Gasteiger partial charge >= 0.3 is 0 Å². The van der Waals surface area contributed by atoms with Gasteiger partial charge < -0.3 is 4.74 Å². The van der Waals surface area contributed by atoms with Gasteiger partial charge in [-0.25, -0.2) is 8.42 Å². The van der Waals surface area contributed by atoms with Crippen LogP contribution in [0.5, 0.6) is 5.75 Å². The number of carbonyl (C=O) groups is 1. The molecule has 0 aromatic heterocycles. The average molecular weight is 429 g/mol. The fraction of sp³-hybridized carbons (Fsp3) is 0.348. The molecule has 6 nitrogen and oxygen atoms in total. The molecule has 0 fully saturated rings. The van der Waals surface area contributed by atoms with E-state index in [1.54, 1.807) is 30.3 Å². The number of fused-ring (bicyclic) bond motifs is 1. The standard InChI is InChI=1S/C23H28N2O4S/c1-2-3-4-7-16-29-21-13-10-19(11-14-21)23(26)24-25-30(27,28)22-15-12-18-8-5-6-9-20(18)17-22/h5-6,8-11,13-14,17,25H,2-4,7,12,15-16H2,1H3,(H,24,26). The fourth-order valence-corrected chi connectivity index (χ4v) is 4.30. The summed E-state index contributed by atoms with van der Waals surface area (Å²) in [5.74, 6) is 0.166. The third-order valence-corrected chi connectivity index (χ3v) is 6.42. The van der Waals surface area contributed by atoms with Crippen molar-refractivity contribution in [1.29, 1.82) is 0 Å². The van der Waals surface area contributed by atoms with Gasteiger partial charge in [0.25, 0.3) is 15.9 Å². The zero-order valence-electron chi connectivity index (χ0n) is 17.2. The summed E-state index contributed by atoms with van der Waals surface area (Å²) >= 11 is 0. The Morgan fingerprint density at radius 2 is 1.77 bits per heavy atom. The van der Waals surface area contributed by atoms with Crippen LogP contribution >= 0.6 is 0 Å². The third kappa shape index (κ3) is 5.93. The highest BCUT2D eigenvalue weighted by atomic mass is 32.2. The maximum absolute atomic E-state index is 12.6. The van der Waals surface area contributed by atoms with E-state index < -0.39 is 15.9 Å². The van der Waals surface area contributed by atoms with E-state index in [4.69, 9.17) is 4.74 Å². The quantitative estimate of drug-likeness (QED) is 0.439. The number of sulfonamides is 1. The van der Waals surface area contributed by atoms with Crippen LogP contribution in [0.15, 0.2) is 53.4 Å². The second-order valence-corrected chi connectivity index (χ2v) is 9.04. The predicted molar refractivity (Wildman–Crippen MR) is 118 cm³/mol. The molecule has 1 aliphatic rings. The number of hydrogen-bond donors (Lipinski definition) is 2. The molecular formula is C23H28N2O4S. The first kappa shape index (κ1) is 22.1. The van der Waals surface area contributed by atoms with Gasteiger partial charge in [-0.2, -0.15) is 0 Å². The highest BCUT2D eigenvalue weighted by Crippen LogP contribution is 2.26. The molecule has 7 heteroatoms. The molecule has 0 spiro atoms. The fourth-order valence-electron chi connectivity index (χ4n) is 3.29. The Kier molecular flexibility index (Phi) is 7.65. The van der Waals surface area contributed by atoms with Crippen LogP contribution in [-0.2, 0) is 16.4 Å². The van der Waals surface area contributed by atoms with E-state index in [-0.39, 0.29) is 4.91 Å². The molecule has 30 heavy (non-hydrogen) atoms. The predicted octanol–water partition coefficient (Wildman–Crippen LogP) is 4.20. The lowest BCUT2D eigenvalue weighted by Gasteiger charge is -2.17. The van der Waals surface area contributed by atoms with Crippen molar-refractivity contribution < 1.29 is 17.9 Å². The number of hydrazine groups is 1. The molecule has 0 heterocycles. The van der Waals surface area contributed by atoms with Gasteiger partial charge in [0.05, 0.1) is 11.5 Å². The Bertz CT molecular complexity index is 998. The SMILES string of the molecule is CCCCCCOc1ccc(C(=O)NNS(=O)(=O)C2=Cc3ccccc3CC2)cc1. The molecule has 0 radical (unpaired) electrons. The Labute approximate surface area is 178 Å². The Morgan fingerprint density at radius 1 is 1.00 bits per heavy atom. The highest BCUT2D eigenvalue weighted by Gasteiger charge is 2.22. The summed E-state index contributed by atoms with van der Waals surface area (Å²) in [7, 11) is -3.80. The second-order valence-electron chi connectivity index (χ2n) is 7.30. The first-order valence-electron chi connectivity index (χ1n) is 10.3. The molecule has 0 bridgehead atoms. The summed E-state index contributed by atoms with van der Waals surface area (Å²) < 4.78 is 30.8. The lowest BCUT2D eigenvalue weighted by molar-refractivity contribution is 0.0945. The number of unbranched alkanes of at least 4 members (excludes halogenated alkanes) is 3. The number of ether oxygens (including phenoxy) is 1. The van der Waals surface area contributed by atoms with Crippen molar-refractivity contribution in [2.45, 2.75) is 45.4 Å². The van der Waals surface area contributed by atoms with Crippen molar-refractivity contribution in [1.82, 2.24) is 10.3 Å². The molecule has 2 N–H and O–H groups in total. The minimum Gasteiger partial charge on any atom is -0.494 e. The average Bonchev–Trinajstić information content (AvgIpc) is 2.77. The van der Waals surface area contributed by atoms with Gasteiger partial charge in [-0.05, 0) is 60.7 Å². The zero-order chi connectivity index (χ0) is 21.4. The van der Waals surface area contributed by atoms with E-state index >= 15 is 0 Å². The van der Waals surface area contributed by atoms with E-state index in [9.17, 15) is 13.2 Å². The van der Waals surface area contributed by atoms with Crippen molar-refractivity contribution in [2.24, 2.45) is 0 Å². The smallest absolute Gasteiger partial charge is 0.266 e. The van der Waals surface area contributed by atoms with Crippen LogP contribution in [0.4, 0.5) is 0 Å². The molecule has 1 aliphatic carbocycles. The van der Waals surface area contributed by atoms with Gasteiger partial charge in [-0.3, -0.25) is 10.2 Å². The molecule has 160 valence electrons. The number of hydrogen-bond acceptors (Lipinski definition) is 4. The van der Waals surface area contributed by atoms with Crippen LogP contribution in [0.25, 0.3) is 6.08 Å². The number of carbonyl (C=O) groups excluding carboxylic acids is 1. The zero-order valence-corrected chi connectivity index (χ0v) is 18.0. The second kappa shape index (κ2) is 10.4. The maximum Gasteiger partial charge on any atom is 0.266 e. The summed E-state index contributed by atoms with van der Waals surface area (Å²) in [6.07, 6.45) is 7.21. The number of rotatable bonds is 10. The lowest BCUT2D eigenvalue weighted by atomic mass is 9.98. The van der Waals surface area contributed by atoms with Gasteiger partial charge in [0.2, 0.25) is 0 Å². The summed E-state index contributed by atoms with van der Waals surface area (Å²) in [6.45, 7) is 2.80. The molecule has 2 aromatic carbocycles. The van der Waals surface area contributed by atoms with Gasteiger partial charge in [0.1, 0.15) is 5.75 Å². The van der Waals surface area contributed by atoms with Crippen LogP contribution < -0.4 is 15.0 Å². The normalized spacial score (nSPS) is 13.3. The van der Waals surface area contributed by atoms with E-state index in [1.807, 2.05) is 24.3 Å². The Hall–Kier alpha value is -2.64.